The van der Waals surface area contributed by atoms with Gasteiger partial charge in [-0.05, 0) is 84.7 Å². The zero-order valence-corrected chi connectivity index (χ0v) is 28.2. The lowest BCUT2D eigenvalue weighted by molar-refractivity contribution is -0.137. The van der Waals surface area contributed by atoms with E-state index in [1.807, 2.05) is 29.2 Å². The Morgan fingerprint density at radius 3 is 2.14 bits per heavy atom. The number of fused-ring (bicyclic) bond motifs is 4. The summed E-state index contributed by atoms with van der Waals surface area (Å²) >= 11 is 0. The molecule has 260 valence electrons. The monoisotopic (exact) mass is 679 g/mol. The Hall–Kier alpha value is -4.41. The van der Waals surface area contributed by atoms with Gasteiger partial charge < -0.3 is 14.8 Å². The second kappa shape index (κ2) is 13.7. The second-order valence-electron chi connectivity index (χ2n) is 14.4. The molecule has 4 aromatic rings. The van der Waals surface area contributed by atoms with Crippen LogP contribution in [0.4, 0.5) is 14.5 Å². The molecular weight excluding hydrogens is 636 g/mol. The number of halogens is 2. The maximum atomic E-state index is 13.7. The minimum atomic E-state index is -2.40. The topological polar surface area (TPSA) is 80.0 Å². The molecule has 1 N–H and O–H groups in total. The van der Waals surface area contributed by atoms with Gasteiger partial charge in [-0.15, -0.1) is 0 Å². The molecule has 0 bridgehead atoms. The number of amides is 1. The van der Waals surface area contributed by atoms with Crippen LogP contribution in [0.5, 0.6) is 0 Å². The molecule has 0 saturated carbocycles. The summed E-state index contributed by atoms with van der Waals surface area (Å²) in [4.78, 5) is 48.7. The van der Waals surface area contributed by atoms with Gasteiger partial charge in [-0.2, -0.15) is 0 Å². The zero-order valence-electron chi connectivity index (χ0n) is 28.2. The summed E-state index contributed by atoms with van der Waals surface area (Å²) in [5, 5.41) is 1.17. The van der Waals surface area contributed by atoms with Crippen LogP contribution in [0.15, 0.2) is 60.7 Å². The molecule has 3 aromatic carbocycles. The minimum absolute atomic E-state index is 0.0206. The van der Waals surface area contributed by atoms with Crippen LogP contribution in [0.2, 0.25) is 0 Å². The van der Waals surface area contributed by atoms with Gasteiger partial charge in [0.25, 0.3) is 6.43 Å². The van der Waals surface area contributed by atoms with Crippen LogP contribution in [0.25, 0.3) is 10.9 Å². The van der Waals surface area contributed by atoms with Crippen molar-refractivity contribution in [1.29, 1.82) is 0 Å². The van der Waals surface area contributed by atoms with Crippen LogP contribution < -0.4 is 4.90 Å². The normalized spacial score (nSPS) is 20.7. The van der Waals surface area contributed by atoms with Gasteiger partial charge in [0, 0.05) is 91.2 Å². The third kappa shape index (κ3) is 6.13. The molecule has 1 atom stereocenters. The lowest BCUT2D eigenvalue weighted by Crippen LogP contribution is -2.48. The number of nitrogens with zero attached hydrogens (tertiary/aromatic N) is 4. The van der Waals surface area contributed by atoms with Gasteiger partial charge in [0.2, 0.25) is 5.91 Å². The maximum absolute atomic E-state index is 13.7. The highest BCUT2D eigenvalue weighted by Gasteiger charge is 2.36. The number of carbonyl (C=O) groups excluding carboxylic acids is 3. The highest BCUT2D eigenvalue weighted by molar-refractivity contribution is 5.91. The van der Waals surface area contributed by atoms with Crippen molar-refractivity contribution in [3.8, 4) is 0 Å². The van der Waals surface area contributed by atoms with Gasteiger partial charge in [-0.1, -0.05) is 30.3 Å². The van der Waals surface area contributed by atoms with E-state index in [0.29, 0.717) is 23.7 Å². The molecule has 1 amide bonds. The summed E-state index contributed by atoms with van der Waals surface area (Å²) in [6.07, 6.45) is 3.30. The molecule has 1 aromatic heterocycles. The standard InChI is InChI=1S/C40H43F2N5O3/c41-37(42)23-46-18-13-35-34-3-1-2-4-36(34)43-38(35)39(46)26-5-7-32(8-6-26)44-14-9-27(10-15-44)40(50)45-16-11-33(12-17-45)47-21-28-19-30(24-48)31(25-49)20-29(28)22-47/h1-8,19-20,24-25,27,33,37,39,43H,9-18,21-23H2. The molecule has 2 saturated heterocycles. The van der Waals surface area contributed by atoms with Crippen LogP contribution in [0.3, 0.4) is 0 Å². The van der Waals surface area contributed by atoms with E-state index in [0.717, 1.165) is 118 Å². The van der Waals surface area contributed by atoms with Crippen LogP contribution >= 0.6 is 0 Å². The van der Waals surface area contributed by atoms with Gasteiger partial charge in [0.05, 0.1) is 12.6 Å². The van der Waals surface area contributed by atoms with Crippen molar-refractivity contribution in [3.05, 3.63) is 99.7 Å². The molecule has 5 heterocycles. The first-order valence-corrected chi connectivity index (χ1v) is 18.0. The van der Waals surface area contributed by atoms with E-state index in [-0.39, 0.29) is 24.4 Å². The van der Waals surface area contributed by atoms with Crippen molar-refractivity contribution in [2.24, 2.45) is 5.92 Å². The van der Waals surface area contributed by atoms with Crippen molar-refractivity contribution in [2.45, 2.75) is 63.7 Å². The lowest BCUT2D eigenvalue weighted by atomic mass is 9.91. The van der Waals surface area contributed by atoms with Crippen LogP contribution in [-0.2, 0) is 24.3 Å². The smallest absolute Gasteiger partial charge is 0.251 e. The molecule has 8 nitrogen and oxygen atoms in total. The van der Waals surface area contributed by atoms with E-state index in [9.17, 15) is 23.2 Å². The molecule has 10 heteroatoms. The first-order chi connectivity index (χ1) is 24.4. The van der Waals surface area contributed by atoms with E-state index < -0.39 is 6.43 Å². The largest absolute Gasteiger partial charge is 0.371 e. The van der Waals surface area contributed by atoms with Gasteiger partial charge in [-0.3, -0.25) is 24.2 Å². The molecule has 0 spiro atoms. The van der Waals surface area contributed by atoms with Crippen molar-refractivity contribution in [1.82, 2.24) is 19.7 Å². The van der Waals surface area contributed by atoms with Crippen LogP contribution in [0.1, 0.15) is 80.4 Å². The Morgan fingerprint density at radius 2 is 1.50 bits per heavy atom. The highest BCUT2D eigenvalue weighted by atomic mass is 19.3. The van der Waals surface area contributed by atoms with Crippen molar-refractivity contribution >= 4 is 35.1 Å². The number of hydrogen-bond acceptors (Lipinski definition) is 6. The molecule has 50 heavy (non-hydrogen) atoms. The minimum Gasteiger partial charge on any atom is -0.371 e. The Kier molecular flexibility index (Phi) is 8.99. The number of aromatic amines is 1. The first kappa shape index (κ1) is 32.8. The number of para-hydroxylation sites is 1. The van der Waals surface area contributed by atoms with Crippen LogP contribution in [0, 0.1) is 5.92 Å². The van der Waals surface area contributed by atoms with Gasteiger partial charge in [0.15, 0.2) is 12.6 Å². The fourth-order valence-electron chi connectivity index (χ4n) is 8.98. The Labute approximate surface area is 291 Å². The summed E-state index contributed by atoms with van der Waals surface area (Å²) in [7, 11) is 0. The van der Waals surface area contributed by atoms with E-state index in [1.165, 1.54) is 10.9 Å². The number of likely N-dealkylation sites (tertiary alicyclic amines) is 1. The first-order valence-electron chi connectivity index (χ1n) is 18.0. The number of alkyl halides is 2. The molecule has 0 radical (unpaired) electrons. The maximum Gasteiger partial charge on any atom is 0.251 e. The second-order valence-corrected chi connectivity index (χ2v) is 14.4. The van der Waals surface area contributed by atoms with Crippen molar-refractivity contribution < 1.29 is 23.2 Å². The quantitative estimate of drug-likeness (QED) is 0.223. The van der Waals surface area contributed by atoms with Gasteiger partial charge in [-0.25, -0.2) is 8.78 Å². The molecule has 4 aliphatic rings. The van der Waals surface area contributed by atoms with E-state index in [1.54, 1.807) is 0 Å². The Bertz CT molecular complexity index is 1860. The summed E-state index contributed by atoms with van der Waals surface area (Å²) in [5.74, 6) is 0.284. The van der Waals surface area contributed by atoms with Gasteiger partial charge in [0.1, 0.15) is 0 Å². The van der Waals surface area contributed by atoms with E-state index in [4.69, 9.17) is 0 Å². The van der Waals surface area contributed by atoms with Crippen molar-refractivity contribution in [2.75, 3.05) is 44.2 Å². The Morgan fingerprint density at radius 1 is 0.840 bits per heavy atom. The molecule has 1 unspecified atom stereocenters. The fraction of sp³-hybridized carbons (Fsp3) is 0.425. The zero-order chi connectivity index (χ0) is 34.4. The third-order valence-electron chi connectivity index (χ3n) is 11.6. The summed E-state index contributed by atoms with van der Waals surface area (Å²) in [6, 6.07) is 20.4. The predicted molar refractivity (Wildman–Crippen MR) is 189 cm³/mol. The molecule has 2 fully saturated rings. The number of carbonyl (C=O) groups is 3. The average molecular weight is 680 g/mol. The SMILES string of the molecule is O=Cc1cc2c(cc1C=O)CN(C1CCN(C(=O)C3CCN(c4ccc(C5c6[nH]c7ccccc7c6CCN5CC(F)F)cc4)CC3)CC1)C2. The molecule has 4 aliphatic heterocycles. The number of piperidine rings is 2. The highest BCUT2D eigenvalue weighted by Crippen LogP contribution is 2.39. The lowest BCUT2D eigenvalue weighted by Gasteiger charge is -2.40. The summed E-state index contributed by atoms with van der Waals surface area (Å²) in [6.45, 7) is 4.97. The average Bonchev–Trinajstić information content (AvgIpc) is 3.75. The number of anilines is 1. The number of H-pyrrole nitrogens is 1. The third-order valence-corrected chi connectivity index (χ3v) is 11.6. The number of nitrogens with one attached hydrogen (secondary N) is 1. The predicted octanol–water partition coefficient (Wildman–Crippen LogP) is 6.23. The fourth-order valence-corrected chi connectivity index (χ4v) is 8.98. The van der Waals surface area contributed by atoms with E-state index >= 15 is 0 Å². The molecular formula is C40H43F2N5O3. The van der Waals surface area contributed by atoms with E-state index in [2.05, 4.69) is 56.1 Å². The molecule has 0 aliphatic carbocycles. The number of benzene rings is 3. The molecule has 8 rings (SSSR count). The van der Waals surface area contributed by atoms with Crippen molar-refractivity contribution in [3.63, 3.8) is 0 Å². The van der Waals surface area contributed by atoms with Gasteiger partial charge >= 0.3 is 0 Å². The van der Waals surface area contributed by atoms with Crippen LogP contribution in [-0.4, -0.2) is 89.9 Å². The number of aldehydes is 2. The number of aromatic nitrogens is 1. The summed E-state index contributed by atoms with van der Waals surface area (Å²) in [5.41, 5.74) is 8.52. The summed E-state index contributed by atoms with van der Waals surface area (Å²) < 4.78 is 27.3. The number of hydrogen-bond donors (Lipinski definition) is 1. The number of rotatable bonds is 8. The Balaban J connectivity index is 0.868.